The normalized spacial score (nSPS) is 16.1. The van der Waals surface area contributed by atoms with E-state index in [0.717, 1.165) is 22.9 Å². The standard InChI is InChI=1S/C18H21N7O/c1-13-20-21-15-7-8-16(22-25(13)15)23-9-11-24(12-10-23)18(26)17(19)14-5-3-2-4-6-14/h2-8,17H,9-12,19H2,1H3. The van der Waals surface area contributed by atoms with Gasteiger partial charge in [0.1, 0.15) is 11.9 Å². The summed E-state index contributed by atoms with van der Waals surface area (Å²) in [6, 6.07) is 12.7. The lowest BCUT2D eigenvalue weighted by molar-refractivity contribution is -0.133. The Labute approximate surface area is 151 Å². The highest BCUT2D eigenvalue weighted by Crippen LogP contribution is 2.18. The van der Waals surface area contributed by atoms with Gasteiger partial charge in [-0.2, -0.15) is 4.52 Å². The van der Waals surface area contributed by atoms with Crippen LogP contribution in [0.2, 0.25) is 0 Å². The van der Waals surface area contributed by atoms with Crippen LogP contribution in [0.3, 0.4) is 0 Å². The van der Waals surface area contributed by atoms with Crippen molar-refractivity contribution in [1.82, 2.24) is 24.7 Å². The molecule has 134 valence electrons. The van der Waals surface area contributed by atoms with E-state index in [1.165, 1.54) is 0 Å². The molecule has 8 heteroatoms. The highest BCUT2D eigenvalue weighted by molar-refractivity contribution is 5.83. The summed E-state index contributed by atoms with van der Waals surface area (Å²) in [6.45, 7) is 4.55. The van der Waals surface area contributed by atoms with E-state index in [-0.39, 0.29) is 5.91 Å². The second-order valence-corrected chi connectivity index (χ2v) is 6.41. The van der Waals surface area contributed by atoms with E-state index in [9.17, 15) is 4.79 Å². The average molecular weight is 351 g/mol. The van der Waals surface area contributed by atoms with Gasteiger partial charge < -0.3 is 15.5 Å². The van der Waals surface area contributed by atoms with Crippen molar-refractivity contribution in [3.05, 3.63) is 53.9 Å². The van der Waals surface area contributed by atoms with E-state index in [1.807, 2.05) is 54.3 Å². The van der Waals surface area contributed by atoms with Crippen molar-refractivity contribution in [3.8, 4) is 0 Å². The van der Waals surface area contributed by atoms with Crippen LogP contribution in [0.5, 0.6) is 0 Å². The predicted molar refractivity (Wildman–Crippen MR) is 97.7 cm³/mol. The summed E-state index contributed by atoms with van der Waals surface area (Å²) in [5.74, 6) is 1.58. The Kier molecular flexibility index (Phi) is 4.26. The zero-order chi connectivity index (χ0) is 18.1. The Morgan fingerprint density at radius 3 is 2.50 bits per heavy atom. The van der Waals surface area contributed by atoms with Crippen LogP contribution in [0, 0.1) is 6.92 Å². The van der Waals surface area contributed by atoms with Gasteiger partial charge in [-0.05, 0) is 24.6 Å². The number of anilines is 1. The van der Waals surface area contributed by atoms with E-state index < -0.39 is 6.04 Å². The van der Waals surface area contributed by atoms with Crippen molar-refractivity contribution >= 4 is 17.4 Å². The van der Waals surface area contributed by atoms with Crippen molar-refractivity contribution in [2.45, 2.75) is 13.0 Å². The molecule has 0 aliphatic carbocycles. The SMILES string of the molecule is Cc1nnc2ccc(N3CCN(C(=O)C(N)c4ccccc4)CC3)nn12. The molecule has 2 N–H and O–H groups in total. The fourth-order valence-electron chi connectivity index (χ4n) is 3.21. The zero-order valence-electron chi connectivity index (χ0n) is 14.6. The van der Waals surface area contributed by atoms with E-state index in [0.29, 0.717) is 26.2 Å². The molecular weight excluding hydrogens is 330 g/mol. The van der Waals surface area contributed by atoms with Gasteiger partial charge in [0.05, 0.1) is 0 Å². The number of amides is 1. The molecule has 1 aromatic carbocycles. The summed E-state index contributed by atoms with van der Waals surface area (Å²) in [5, 5.41) is 12.7. The molecule has 0 bridgehead atoms. The number of piperazine rings is 1. The van der Waals surface area contributed by atoms with Gasteiger partial charge >= 0.3 is 0 Å². The van der Waals surface area contributed by atoms with Crippen LogP contribution in [0.1, 0.15) is 17.4 Å². The van der Waals surface area contributed by atoms with Crippen molar-refractivity contribution in [2.24, 2.45) is 5.73 Å². The topological polar surface area (TPSA) is 92.7 Å². The Morgan fingerprint density at radius 2 is 1.77 bits per heavy atom. The molecule has 1 aliphatic heterocycles. The smallest absolute Gasteiger partial charge is 0.244 e. The molecule has 3 aromatic rings. The molecule has 3 heterocycles. The number of fused-ring (bicyclic) bond motifs is 1. The molecular formula is C18H21N7O. The summed E-state index contributed by atoms with van der Waals surface area (Å²) < 4.78 is 1.73. The number of hydrogen-bond acceptors (Lipinski definition) is 6. The largest absolute Gasteiger partial charge is 0.352 e. The van der Waals surface area contributed by atoms with Crippen LogP contribution in [0.4, 0.5) is 5.82 Å². The average Bonchev–Trinajstić information content (AvgIpc) is 3.08. The summed E-state index contributed by atoms with van der Waals surface area (Å²) in [4.78, 5) is 16.7. The number of benzene rings is 1. The van der Waals surface area contributed by atoms with Crippen LogP contribution in [0.15, 0.2) is 42.5 Å². The number of aryl methyl sites for hydroxylation is 1. The fourth-order valence-corrected chi connectivity index (χ4v) is 3.21. The van der Waals surface area contributed by atoms with Gasteiger partial charge in [-0.15, -0.1) is 15.3 Å². The highest BCUT2D eigenvalue weighted by Gasteiger charge is 2.26. The Hall–Kier alpha value is -3.00. The molecule has 8 nitrogen and oxygen atoms in total. The maximum atomic E-state index is 12.7. The maximum Gasteiger partial charge on any atom is 0.244 e. The van der Waals surface area contributed by atoms with Gasteiger partial charge in [0.25, 0.3) is 0 Å². The number of nitrogens with two attached hydrogens (primary N) is 1. The predicted octanol–water partition coefficient (Wildman–Crippen LogP) is 0.781. The zero-order valence-corrected chi connectivity index (χ0v) is 14.6. The molecule has 1 saturated heterocycles. The summed E-state index contributed by atoms with van der Waals surface area (Å²) in [5.41, 5.74) is 7.72. The number of hydrogen-bond donors (Lipinski definition) is 1. The van der Waals surface area contributed by atoms with Crippen molar-refractivity contribution in [3.63, 3.8) is 0 Å². The fraction of sp³-hybridized carbons (Fsp3) is 0.333. The van der Waals surface area contributed by atoms with Crippen LogP contribution in [-0.4, -0.2) is 56.8 Å². The molecule has 1 atom stereocenters. The molecule has 1 unspecified atom stereocenters. The third-order valence-electron chi connectivity index (χ3n) is 4.74. The number of rotatable bonds is 3. The van der Waals surface area contributed by atoms with E-state index >= 15 is 0 Å². The van der Waals surface area contributed by atoms with Gasteiger partial charge in [0.2, 0.25) is 5.91 Å². The third-order valence-corrected chi connectivity index (χ3v) is 4.74. The minimum atomic E-state index is -0.614. The van der Waals surface area contributed by atoms with Crippen molar-refractivity contribution in [1.29, 1.82) is 0 Å². The minimum Gasteiger partial charge on any atom is -0.352 e. The van der Waals surface area contributed by atoms with Gasteiger partial charge in [0, 0.05) is 26.2 Å². The molecule has 0 spiro atoms. The maximum absolute atomic E-state index is 12.7. The first kappa shape index (κ1) is 16.5. The van der Waals surface area contributed by atoms with Gasteiger partial charge in [-0.25, -0.2) is 0 Å². The van der Waals surface area contributed by atoms with Crippen molar-refractivity contribution in [2.75, 3.05) is 31.1 Å². The van der Waals surface area contributed by atoms with Gasteiger partial charge in [0.15, 0.2) is 11.5 Å². The minimum absolute atomic E-state index is 0.0334. The molecule has 1 aliphatic rings. The van der Waals surface area contributed by atoms with Crippen LogP contribution in [-0.2, 0) is 4.79 Å². The molecule has 1 amide bonds. The Balaban J connectivity index is 1.43. The first-order chi connectivity index (χ1) is 12.6. The second-order valence-electron chi connectivity index (χ2n) is 6.41. The third kappa shape index (κ3) is 2.99. The van der Waals surface area contributed by atoms with Crippen LogP contribution < -0.4 is 10.6 Å². The van der Waals surface area contributed by atoms with E-state index in [4.69, 9.17) is 5.73 Å². The Bertz CT molecular complexity index is 916. The van der Waals surface area contributed by atoms with E-state index in [1.54, 1.807) is 4.52 Å². The summed E-state index contributed by atoms with van der Waals surface area (Å²) in [7, 11) is 0. The summed E-state index contributed by atoms with van der Waals surface area (Å²) in [6.07, 6.45) is 0. The first-order valence-corrected chi connectivity index (χ1v) is 8.67. The molecule has 0 radical (unpaired) electrons. The lowest BCUT2D eigenvalue weighted by Crippen LogP contribution is -2.51. The quantitative estimate of drug-likeness (QED) is 0.750. The summed E-state index contributed by atoms with van der Waals surface area (Å²) >= 11 is 0. The first-order valence-electron chi connectivity index (χ1n) is 8.67. The second kappa shape index (κ2) is 6.72. The molecule has 2 aromatic heterocycles. The van der Waals surface area contributed by atoms with Gasteiger partial charge in [-0.3, -0.25) is 4.79 Å². The number of carbonyl (C=O) groups is 1. The Morgan fingerprint density at radius 1 is 1.04 bits per heavy atom. The monoisotopic (exact) mass is 351 g/mol. The highest BCUT2D eigenvalue weighted by atomic mass is 16.2. The molecule has 1 fully saturated rings. The number of carbonyl (C=O) groups excluding carboxylic acids is 1. The molecule has 4 rings (SSSR count). The number of aromatic nitrogens is 4. The van der Waals surface area contributed by atoms with Crippen molar-refractivity contribution < 1.29 is 4.79 Å². The molecule has 26 heavy (non-hydrogen) atoms. The molecule has 0 saturated carbocycles. The lowest BCUT2D eigenvalue weighted by Gasteiger charge is -2.36. The van der Waals surface area contributed by atoms with Gasteiger partial charge in [-0.1, -0.05) is 30.3 Å². The van der Waals surface area contributed by atoms with Crippen LogP contribution >= 0.6 is 0 Å². The number of nitrogens with zero attached hydrogens (tertiary/aromatic N) is 6. The lowest BCUT2D eigenvalue weighted by atomic mass is 10.1. The van der Waals surface area contributed by atoms with E-state index in [2.05, 4.69) is 20.2 Å². The van der Waals surface area contributed by atoms with Crippen LogP contribution in [0.25, 0.3) is 5.65 Å².